The smallest absolute Gasteiger partial charge is 0.227 e. The second-order valence-corrected chi connectivity index (χ2v) is 3.92. The number of nitrogens with one attached hydrogen (secondary N) is 1. The van der Waals surface area contributed by atoms with Crippen LogP contribution in [0.15, 0.2) is 30.3 Å². The van der Waals surface area contributed by atoms with Crippen LogP contribution in [0.4, 0.5) is 0 Å². The van der Waals surface area contributed by atoms with Gasteiger partial charge in [0.1, 0.15) is 0 Å². The molecule has 0 saturated carbocycles. The molecule has 0 saturated heterocycles. The number of hydrogen-bond donors (Lipinski definition) is 1. The van der Waals surface area contributed by atoms with Gasteiger partial charge in [0.05, 0.1) is 5.92 Å². The molecule has 1 aromatic rings. The first-order chi connectivity index (χ1) is 7.24. The zero-order valence-corrected chi connectivity index (χ0v) is 9.03. The minimum absolute atomic E-state index is 0.0371. The monoisotopic (exact) mass is 201 g/mol. The summed E-state index contributed by atoms with van der Waals surface area (Å²) in [4.78, 5) is 11.6. The maximum atomic E-state index is 11.6. The van der Waals surface area contributed by atoms with Gasteiger partial charge in [-0.3, -0.25) is 4.79 Å². The van der Waals surface area contributed by atoms with Crippen molar-refractivity contribution >= 4 is 12.0 Å². The Morgan fingerprint density at radius 1 is 1.33 bits per heavy atom. The van der Waals surface area contributed by atoms with Crippen molar-refractivity contribution in [2.24, 2.45) is 5.92 Å². The molecule has 1 amide bonds. The van der Waals surface area contributed by atoms with E-state index in [-0.39, 0.29) is 17.7 Å². The summed E-state index contributed by atoms with van der Waals surface area (Å²) in [7, 11) is 1.68. The second-order valence-electron chi connectivity index (χ2n) is 3.92. The lowest BCUT2D eigenvalue weighted by Crippen LogP contribution is -2.30. The van der Waals surface area contributed by atoms with Crippen LogP contribution >= 0.6 is 0 Å². The van der Waals surface area contributed by atoms with Crippen molar-refractivity contribution in [2.75, 3.05) is 7.05 Å². The molecule has 2 rings (SSSR count). The van der Waals surface area contributed by atoms with Gasteiger partial charge in [0, 0.05) is 7.05 Å². The SMILES string of the molecule is CNC(=O)C1C=Cc2ccccc2C1C. The molecule has 0 radical (unpaired) electrons. The Morgan fingerprint density at radius 2 is 2.07 bits per heavy atom. The Hall–Kier alpha value is -1.57. The molecule has 1 N–H and O–H groups in total. The van der Waals surface area contributed by atoms with E-state index in [0.717, 1.165) is 0 Å². The topological polar surface area (TPSA) is 29.1 Å². The zero-order chi connectivity index (χ0) is 10.8. The molecule has 0 bridgehead atoms. The fourth-order valence-electron chi connectivity index (χ4n) is 2.13. The van der Waals surface area contributed by atoms with E-state index in [1.807, 2.05) is 24.3 Å². The normalized spacial score (nSPS) is 23.3. The van der Waals surface area contributed by atoms with Crippen molar-refractivity contribution < 1.29 is 4.79 Å². The van der Waals surface area contributed by atoms with Crippen molar-refractivity contribution in [3.8, 4) is 0 Å². The number of hydrogen-bond acceptors (Lipinski definition) is 1. The minimum Gasteiger partial charge on any atom is -0.359 e. The summed E-state index contributed by atoms with van der Waals surface area (Å²) in [6.45, 7) is 2.10. The van der Waals surface area contributed by atoms with Gasteiger partial charge in [0.25, 0.3) is 0 Å². The Balaban J connectivity index is 2.37. The summed E-state index contributed by atoms with van der Waals surface area (Å²) >= 11 is 0. The van der Waals surface area contributed by atoms with Crippen molar-refractivity contribution in [3.63, 3.8) is 0 Å². The van der Waals surface area contributed by atoms with Crippen LogP contribution in [0, 0.1) is 5.92 Å². The molecular weight excluding hydrogens is 186 g/mol. The van der Waals surface area contributed by atoms with E-state index in [9.17, 15) is 4.79 Å². The molecule has 2 atom stereocenters. The third-order valence-electron chi connectivity index (χ3n) is 3.06. The summed E-state index contributed by atoms with van der Waals surface area (Å²) in [5.41, 5.74) is 2.48. The van der Waals surface area contributed by atoms with Crippen molar-refractivity contribution in [3.05, 3.63) is 41.5 Å². The number of carbonyl (C=O) groups excluding carboxylic acids is 1. The standard InChI is InChI=1S/C13H15NO/c1-9-11-6-4-3-5-10(11)7-8-12(9)13(15)14-2/h3-9,12H,1-2H3,(H,14,15). The average Bonchev–Trinajstić information content (AvgIpc) is 2.29. The predicted molar refractivity (Wildman–Crippen MR) is 61.4 cm³/mol. The van der Waals surface area contributed by atoms with E-state index >= 15 is 0 Å². The first-order valence-corrected chi connectivity index (χ1v) is 5.22. The van der Waals surface area contributed by atoms with Crippen LogP contribution < -0.4 is 5.32 Å². The summed E-state index contributed by atoms with van der Waals surface area (Å²) in [5.74, 6) is 0.310. The zero-order valence-electron chi connectivity index (χ0n) is 9.03. The Morgan fingerprint density at radius 3 is 2.80 bits per heavy atom. The van der Waals surface area contributed by atoms with Gasteiger partial charge in [-0.25, -0.2) is 0 Å². The summed E-state index contributed by atoms with van der Waals surface area (Å²) in [6.07, 6.45) is 4.03. The average molecular weight is 201 g/mol. The van der Waals surface area contributed by atoms with Gasteiger partial charge in [0.2, 0.25) is 5.91 Å². The first-order valence-electron chi connectivity index (χ1n) is 5.22. The van der Waals surface area contributed by atoms with Crippen LogP contribution in [0.1, 0.15) is 24.0 Å². The number of amides is 1. The lowest BCUT2D eigenvalue weighted by atomic mass is 9.80. The number of carbonyl (C=O) groups is 1. The molecule has 0 fully saturated rings. The van der Waals surface area contributed by atoms with Crippen LogP contribution in [0.5, 0.6) is 0 Å². The summed E-state index contributed by atoms with van der Waals surface area (Å²) in [5, 5.41) is 2.71. The molecule has 15 heavy (non-hydrogen) atoms. The van der Waals surface area contributed by atoms with Crippen LogP contribution in [-0.4, -0.2) is 13.0 Å². The van der Waals surface area contributed by atoms with Crippen LogP contribution in [-0.2, 0) is 4.79 Å². The highest BCUT2D eigenvalue weighted by Gasteiger charge is 2.26. The molecule has 0 heterocycles. The quantitative estimate of drug-likeness (QED) is 0.741. The third-order valence-corrected chi connectivity index (χ3v) is 3.06. The molecule has 0 aromatic heterocycles. The van der Waals surface area contributed by atoms with Gasteiger partial charge >= 0.3 is 0 Å². The fourth-order valence-corrected chi connectivity index (χ4v) is 2.13. The van der Waals surface area contributed by atoms with Crippen LogP contribution in [0.2, 0.25) is 0 Å². The lowest BCUT2D eigenvalue weighted by Gasteiger charge is -2.25. The maximum Gasteiger partial charge on any atom is 0.227 e. The molecule has 2 heteroatoms. The lowest BCUT2D eigenvalue weighted by molar-refractivity contribution is -0.123. The predicted octanol–water partition coefficient (Wildman–Crippen LogP) is 2.18. The number of benzene rings is 1. The highest BCUT2D eigenvalue weighted by molar-refractivity contribution is 5.83. The molecule has 0 spiro atoms. The van der Waals surface area contributed by atoms with E-state index < -0.39 is 0 Å². The molecule has 1 aliphatic carbocycles. The Bertz CT molecular complexity index is 409. The van der Waals surface area contributed by atoms with Crippen molar-refractivity contribution in [2.45, 2.75) is 12.8 Å². The van der Waals surface area contributed by atoms with Crippen molar-refractivity contribution in [1.82, 2.24) is 5.32 Å². The van der Waals surface area contributed by atoms with Crippen LogP contribution in [0.25, 0.3) is 6.08 Å². The molecule has 2 unspecified atom stereocenters. The van der Waals surface area contributed by atoms with Gasteiger partial charge in [0.15, 0.2) is 0 Å². The van der Waals surface area contributed by atoms with E-state index in [1.165, 1.54) is 11.1 Å². The molecule has 1 aliphatic rings. The van der Waals surface area contributed by atoms with E-state index in [0.29, 0.717) is 0 Å². The summed E-state index contributed by atoms with van der Waals surface area (Å²) < 4.78 is 0. The molecule has 78 valence electrons. The second kappa shape index (κ2) is 3.89. The van der Waals surface area contributed by atoms with Crippen molar-refractivity contribution in [1.29, 1.82) is 0 Å². The highest BCUT2D eigenvalue weighted by atomic mass is 16.1. The molecular formula is C13H15NO. The van der Waals surface area contributed by atoms with Gasteiger partial charge in [-0.15, -0.1) is 0 Å². The van der Waals surface area contributed by atoms with Gasteiger partial charge in [-0.2, -0.15) is 0 Å². The summed E-state index contributed by atoms with van der Waals surface area (Å²) in [6, 6.07) is 8.23. The van der Waals surface area contributed by atoms with Gasteiger partial charge in [-0.05, 0) is 17.0 Å². The molecule has 0 aliphatic heterocycles. The maximum absolute atomic E-state index is 11.6. The Labute approximate surface area is 90.0 Å². The Kier molecular flexibility index (Phi) is 2.58. The first kappa shape index (κ1) is 9.97. The largest absolute Gasteiger partial charge is 0.359 e. The van der Waals surface area contributed by atoms with E-state index in [1.54, 1.807) is 7.05 Å². The van der Waals surface area contributed by atoms with Gasteiger partial charge in [-0.1, -0.05) is 43.3 Å². The molecule has 2 nitrogen and oxygen atoms in total. The van der Waals surface area contributed by atoms with Crippen LogP contribution in [0.3, 0.4) is 0 Å². The van der Waals surface area contributed by atoms with E-state index in [4.69, 9.17) is 0 Å². The number of rotatable bonds is 1. The third kappa shape index (κ3) is 1.67. The molecule has 1 aromatic carbocycles. The minimum atomic E-state index is -0.0371. The highest BCUT2D eigenvalue weighted by Crippen LogP contribution is 2.33. The van der Waals surface area contributed by atoms with Gasteiger partial charge < -0.3 is 5.32 Å². The fraction of sp³-hybridized carbons (Fsp3) is 0.308. The van der Waals surface area contributed by atoms with E-state index in [2.05, 4.69) is 24.4 Å². The number of fused-ring (bicyclic) bond motifs is 1.